The Kier molecular flexibility index (Phi) is 7.15. The summed E-state index contributed by atoms with van der Waals surface area (Å²) in [6.45, 7) is 10.9. The second kappa shape index (κ2) is 7.21. The van der Waals surface area contributed by atoms with Crippen LogP contribution in [-0.2, 0) is 4.84 Å². The van der Waals surface area contributed by atoms with Gasteiger partial charge in [-0.15, -0.1) is 0 Å². The van der Waals surface area contributed by atoms with Crippen LogP contribution in [0.4, 0.5) is 0 Å². The van der Waals surface area contributed by atoms with E-state index in [-0.39, 0.29) is 6.23 Å². The highest BCUT2D eigenvalue weighted by molar-refractivity contribution is 4.65. The second-order valence-electron chi connectivity index (χ2n) is 3.92. The Balaban J connectivity index is 4.35. The number of rotatable bonds is 7. The van der Waals surface area contributed by atoms with E-state index in [0.29, 0.717) is 5.92 Å². The number of hydrogen-bond donors (Lipinski definition) is 0. The van der Waals surface area contributed by atoms with Gasteiger partial charge in [0.05, 0.1) is 0 Å². The third-order valence-electron chi connectivity index (χ3n) is 2.62. The Morgan fingerprint density at radius 2 is 1.57 bits per heavy atom. The molecule has 86 valence electrons. The van der Waals surface area contributed by atoms with Crippen molar-refractivity contribution in [3.8, 4) is 0 Å². The van der Waals surface area contributed by atoms with Crippen LogP contribution >= 0.6 is 0 Å². The molecule has 0 heterocycles. The van der Waals surface area contributed by atoms with Gasteiger partial charge >= 0.3 is 0 Å². The summed E-state index contributed by atoms with van der Waals surface area (Å²) < 4.78 is 0. The summed E-state index contributed by atoms with van der Waals surface area (Å²) in [5.74, 6) is 0.567. The van der Waals surface area contributed by atoms with Crippen LogP contribution in [0.3, 0.4) is 0 Å². The van der Waals surface area contributed by atoms with Crippen LogP contribution < -0.4 is 0 Å². The molecule has 0 aliphatic heterocycles. The molecule has 0 amide bonds. The highest BCUT2D eigenvalue weighted by Gasteiger charge is 2.23. The average molecular weight is 202 g/mol. The molecule has 2 atom stereocenters. The van der Waals surface area contributed by atoms with E-state index in [9.17, 15) is 0 Å². The van der Waals surface area contributed by atoms with E-state index in [1.165, 1.54) is 0 Å². The lowest BCUT2D eigenvalue weighted by Crippen LogP contribution is -2.44. The maximum atomic E-state index is 5.81. The summed E-state index contributed by atoms with van der Waals surface area (Å²) in [7, 11) is 3.89. The van der Waals surface area contributed by atoms with Gasteiger partial charge in [-0.05, 0) is 25.4 Å². The van der Waals surface area contributed by atoms with Gasteiger partial charge in [0.25, 0.3) is 0 Å². The van der Waals surface area contributed by atoms with Crippen molar-refractivity contribution in [1.82, 2.24) is 9.96 Å². The van der Waals surface area contributed by atoms with Crippen LogP contribution in [0.15, 0.2) is 0 Å². The average Bonchev–Trinajstić information content (AvgIpc) is 2.16. The monoisotopic (exact) mass is 202 g/mol. The Hall–Kier alpha value is -0.120. The molecule has 0 saturated heterocycles. The topological polar surface area (TPSA) is 15.7 Å². The van der Waals surface area contributed by atoms with Gasteiger partial charge in [0.15, 0.2) is 0 Å². The molecule has 14 heavy (non-hydrogen) atoms. The fraction of sp³-hybridized carbons (Fsp3) is 1.00. The third-order valence-corrected chi connectivity index (χ3v) is 2.62. The normalized spacial score (nSPS) is 16.3. The molecule has 0 aliphatic rings. The molecular weight excluding hydrogens is 176 g/mol. The van der Waals surface area contributed by atoms with Crippen molar-refractivity contribution in [1.29, 1.82) is 0 Å². The largest absolute Gasteiger partial charge is 0.280 e. The molecule has 0 radical (unpaired) electrons. The Bertz CT molecular complexity index is 135. The van der Waals surface area contributed by atoms with Gasteiger partial charge in [-0.2, -0.15) is 5.06 Å². The number of hydrogen-bond acceptors (Lipinski definition) is 3. The molecule has 3 heteroatoms. The van der Waals surface area contributed by atoms with Crippen molar-refractivity contribution in [3.63, 3.8) is 0 Å². The standard InChI is InChI=1S/C11H26N2O/c1-7-10(4)11(14-12(5)6)13(8-2)9-3/h10-11H,7-9H2,1-6H3. The minimum Gasteiger partial charge on any atom is -0.280 e. The Morgan fingerprint density at radius 3 is 1.86 bits per heavy atom. The lowest BCUT2D eigenvalue weighted by molar-refractivity contribution is -0.230. The molecule has 0 aromatic carbocycles. The van der Waals surface area contributed by atoms with Crippen LogP contribution in [0.1, 0.15) is 34.1 Å². The van der Waals surface area contributed by atoms with Crippen molar-refractivity contribution in [2.45, 2.75) is 40.3 Å². The molecule has 0 N–H and O–H groups in total. The minimum absolute atomic E-state index is 0.213. The predicted molar refractivity (Wildman–Crippen MR) is 60.9 cm³/mol. The van der Waals surface area contributed by atoms with Crippen LogP contribution in [0, 0.1) is 5.92 Å². The van der Waals surface area contributed by atoms with Crippen molar-refractivity contribution in [2.75, 3.05) is 27.2 Å². The van der Waals surface area contributed by atoms with E-state index in [1.54, 1.807) is 5.06 Å². The summed E-state index contributed by atoms with van der Waals surface area (Å²) in [6, 6.07) is 0. The van der Waals surface area contributed by atoms with Gasteiger partial charge in [0, 0.05) is 14.1 Å². The van der Waals surface area contributed by atoms with E-state index in [0.717, 1.165) is 19.5 Å². The minimum atomic E-state index is 0.213. The first-order chi connectivity index (χ1) is 6.56. The van der Waals surface area contributed by atoms with Crippen LogP contribution in [0.5, 0.6) is 0 Å². The molecule has 2 unspecified atom stereocenters. The Morgan fingerprint density at radius 1 is 1.07 bits per heavy atom. The first-order valence-electron chi connectivity index (χ1n) is 5.64. The second-order valence-corrected chi connectivity index (χ2v) is 3.92. The van der Waals surface area contributed by atoms with Gasteiger partial charge in [-0.1, -0.05) is 27.7 Å². The summed E-state index contributed by atoms with van der Waals surface area (Å²) >= 11 is 0. The van der Waals surface area contributed by atoms with Gasteiger partial charge < -0.3 is 0 Å². The lowest BCUT2D eigenvalue weighted by atomic mass is 10.1. The molecule has 0 bridgehead atoms. The van der Waals surface area contributed by atoms with Crippen LogP contribution in [-0.4, -0.2) is 43.4 Å². The summed E-state index contributed by atoms with van der Waals surface area (Å²) in [5.41, 5.74) is 0. The van der Waals surface area contributed by atoms with E-state index < -0.39 is 0 Å². The van der Waals surface area contributed by atoms with Crippen molar-refractivity contribution in [3.05, 3.63) is 0 Å². The van der Waals surface area contributed by atoms with E-state index in [4.69, 9.17) is 4.84 Å². The van der Waals surface area contributed by atoms with Crippen molar-refractivity contribution >= 4 is 0 Å². The quantitative estimate of drug-likeness (QED) is 0.465. The van der Waals surface area contributed by atoms with Crippen molar-refractivity contribution in [2.24, 2.45) is 5.92 Å². The zero-order valence-corrected chi connectivity index (χ0v) is 10.6. The van der Waals surface area contributed by atoms with E-state index >= 15 is 0 Å². The maximum absolute atomic E-state index is 5.81. The molecule has 0 spiro atoms. The molecule has 0 saturated carbocycles. The highest BCUT2D eigenvalue weighted by atomic mass is 16.7. The summed E-state index contributed by atoms with van der Waals surface area (Å²) in [6.07, 6.45) is 1.36. The molecule has 0 aromatic rings. The fourth-order valence-corrected chi connectivity index (χ4v) is 1.53. The van der Waals surface area contributed by atoms with Crippen LogP contribution in [0.25, 0.3) is 0 Å². The molecule has 0 aromatic heterocycles. The first kappa shape index (κ1) is 13.9. The summed E-state index contributed by atoms with van der Waals surface area (Å²) in [5, 5.41) is 1.80. The maximum Gasteiger partial charge on any atom is 0.134 e. The predicted octanol–water partition coefficient (Wildman–Crippen LogP) is 2.19. The smallest absolute Gasteiger partial charge is 0.134 e. The highest BCUT2D eigenvalue weighted by Crippen LogP contribution is 2.16. The molecule has 0 fully saturated rings. The molecular formula is C11H26N2O. The van der Waals surface area contributed by atoms with Gasteiger partial charge in [0.2, 0.25) is 0 Å². The van der Waals surface area contributed by atoms with Gasteiger partial charge in [-0.25, -0.2) is 0 Å². The van der Waals surface area contributed by atoms with Crippen molar-refractivity contribution < 1.29 is 4.84 Å². The summed E-state index contributed by atoms with van der Waals surface area (Å²) in [4.78, 5) is 8.16. The Labute approximate surface area is 89.0 Å². The fourth-order valence-electron chi connectivity index (χ4n) is 1.53. The first-order valence-corrected chi connectivity index (χ1v) is 5.64. The molecule has 0 rings (SSSR count). The van der Waals surface area contributed by atoms with E-state index in [2.05, 4.69) is 32.6 Å². The van der Waals surface area contributed by atoms with E-state index in [1.807, 2.05) is 14.1 Å². The number of hydroxylamine groups is 2. The van der Waals surface area contributed by atoms with Crippen LogP contribution in [0.2, 0.25) is 0 Å². The zero-order valence-electron chi connectivity index (χ0n) is 10.6. The van der Waals surface area contributed by atoms with Gasteiger partial charge in [-0.3, -0.25) is 9.74 Å². The van der Waals surface area contributed by atoms with Gasteiger partial charge in [0.1, 0.15) is 6.23 Å². The SMILES string of the molecule is CCC(C)C(ON(C)C)N(CC)CC. The lowest BCUT2D eigenvalue weighted by Gasteiger charge is -2.34. The molecule has 0 aliphatic carbocycles. The zero-order chi connectivity index (χ0) is 11.1. The molecule has 3 nitrogen and oxygen atoms in total. The number of nitrogens with zero attached hydrogens (tertiary/aromatic N) is 2. The third kappa shape index (κ3) is 4.40.